The van der Waals surface area contributed by atoms with Crippen molar-refractivity contribution in [3.8, 4) is 17.1 Å². The summed E-state index contributed by atoms with van der Waals surface area (Å²) in [7, 11) is 4.00. The molecule has 0 bridgehead atoms. The molecule has 1 aromatic carbocycles. The smallest absolute Gasteiger partial charge is 0.270 e. The van der Waals surface area contributed by atoms with Gasteiger partial charge in [0.25, 0.3) is 5.91 Å². The highest BCUT2D eigenvalue weighted by atomic mass is 16.5. The highest BCUT2D eigenvalue weighted by Gasteiger charge is 2.21. The number of rotatable bonds is 7. The first-order valence-corrected chi connectivity index (χ1v) is 12.8. The Morgan fingerprint density at radius 2 is 1.82 bits per heavy atom. The van der Waals surface area contributed by atoms with Crippen molar-refractivity contribution < 1.29 is 9.53 Å². The van der Waals surface area contributed by atoms with E-state index in [9.17, 15) is 4.79 Å². The molecule has 0 unspecified atom stereocenters. The molecule has 0 radical (unpaired) electrons. The zero-order valence-corrected chi connectivity index (χ0v) is 21.8. The van der Waals surface area contributed by atoms with Crippen LogP contribution in [0.25, 0.3) is 22.3 Å². The van der Waals surface area contributed by atoms with Crippen LogP contribution in [0, 0.1) is 0 Å². The Balaban J connectivity index is 1.15. The summed E-state index contributed by atoms with van der Waals surface area (Å²) in [6.45, 7) is 3.61. The van der Waals surface area contributed by atoms with Gasteiger partial charge in [-0.25, -0.2) is 15.0 Å². The van der Waals surface area contributed by atoms with Gasteiger partial charge >= 0.3 is 0 Å². The van der Waals surface area contributed by atoms with E-state index < -0.39 is 0 Å². The van der Waals surface area contributed by atoms with Gasteiger partial charge in [-0.3, -0.25) is 9.78 Å². The predicted molar refractivity (Wildman–Crippen MR) is 148 cm³/mol. The van der Waals surface area contributed by atoms with Crippen LogP contribution in [0.5, 0.6) is 5.75 Å². The molecule has 6 rings (SSSR count). The summed E-state index contributed by atoms with van der Waals surface area (Å²) in [5.41, 5.74) is 4.50. The molecule has 5 heterocycles. The first kappa shape index (κ1) is 24.6. The molecule has 1 aliphatic rings. The molecule has 0 aliphatic carbocycles. The molecule has 4 aromatic heterocycles. The van der Waals surface area contributed by atoms with Crippen molar-refractivity contribution >= 4 is 28.4 Å². The van der Waals surface area contributed by atoms with Gasteiger partial charge in [0.05, 0.1) is 23.4 Å². The molecule has 1 fully saturated rings. The number of piperazine rings is 1. The average molecular weight is 524 g/mol. The number of hydrogen-bond donors (Lipinski definition) is 2. The van der Waals surface area contributed by atoms with Crippen molar-refractivity contribution in [2.24, 2.45) is 7.05 Å². The zero-order valence-electron chi connectivity index (χ0n) is 21.8. The quantitative estimate of drug-likeness (QED) is 0.333. The second-order valence-corrected chi connectivity index (χ2v) is 9.67. The standard InChI is InChI=1S/C28H29N9O2/c1-35-9-11-37(12-10-35)27(38)26-14-19-13-20(3-4-23(19)33-26)32-28-30-8-6-24(34-28)25-15-22(5-7-29-25)39-17-21-16-36(2)18-31-21/h3-8,13-16,18,33H,9-12,17H2,1-2H3,(H,30,32,34). The van der Waals surface area contributed by atoms with Crippen LogP contribution >= 0.6 is 0 Å². The van der Waals surface area contributed by atoms with E-state index in [2.05, 4.69) is 42.2 Å². The number of carbonyl (C=O) groups is 1. The molecular formula is C28H29N9O2. The van der Waals surface area contributed by atoms with Crippen LogP contribution in [0.4, 0.5) is 11.6 Å². The van der Waals surface area contributed by atoms with Gasteiger partial charge in [0.2, 0.25) is 5.95 Å². The van der Waals surface area contributed by atoms with Crippen molar-refractivity contribution in [1.82, 2.24) is 39.3 Å². The van der Waals surface area contributed by atoms with Crippen LogP contribution in [-0.2, 0) is 13.7 Å². The van der Waals surface area contributed by atoms with Crippen LogP contribution in [-0.4, -0.2) is 78.4 Å². The maximum absolute atomic E-state index is 13.0. The minimum absolute atomic E-state index is 0.0311. The fourth-order valence-electron chi connectivity index (χ4n) is 4.54. The van der Waals surface area contributed by atoms with E-state index in [0.717, 1.165) is 48.5 Å². The lowest BCUT2D eigenvalue weighted by molar-refractivity contribution is 0.0659. The summed E-state index contributed by atoms with van der Waals surface area (Å²) in [5.74, 6) is 1.15. The Kier molecular flexibility index (Phi) is 6.64. The molecule has 1 saturated heterocycles. The third-order valence-corrected chi connectivity index (χ3v) is 6.69. The molecule has 11 nitrogen and oxygen atoms in total. The Morgan fingerprint density at radius 1 is 0.974 bits per heavy atom. The van der Waals surface area contributed by atoms with Crippen LogP contribution in [0.2, 0.25) is 0 Å². The number of likely N-dealkylation sites (N-methyl/N-ethyl adjacent to an activating group) is 1. The molecule has 0 atom stereocenters. The monoisotopic (exact) mass is 523 g/mol. The summed E-state index contributed by atoms with van der Waals surface area (Å²) in [5, 5.41) is 4.21. The van der Waals surface area contributed by atoms with Crippen molar-refractivity contribution in [1.29, 1.82) is 0 Å². The lowest BCUT2D eigenvalue weighted by atomic mass is 10.2. The van der Waals surface area contributed by atoms with Crippen LogP contribution in [0.15, 0.2) is 67.4 Å². The number of H-pyrrole nitrogens is 1. The number of nitrogens with one attached hydrogen (secondary N) is 2. The first-order chi connectivity index (χ1) is 19.0. The summed E-state index contributed by atoms with van der Waals surface area (Å²) in [4.78, 5) is 38.2. The van der Waals surface area contributed by atoms with E-state index in [0.29, 0.717) is 35.4 Å². The van der Waals surface area contributed by atoms with Crippen molar-refractivity contribution in [3.05, 3.63) is 78.8 Å². The zero-order chi connectivity index (χ0) is 26.8. The molecule has 0 saturated carbocycles. The predicted octanol–water partition coefficient (Wildman–Crippen LogP) is 3.46. The Hall–Kier alpha value is -4.77. The van der Waals surface area contributed by atoms with Crippen molar-refractivity contribution in [2.75, 3.05) is 38.5 Å². The Morgan fingerprint density at radius 3 is 2.64 bits per heavy atom. The van der Waals surface area contributed by atoms with E-state index in [1.807, 2.05) is 65.2 Å². The molecule has 2 N–H and O–H groups in total. The topological polar surface area (TPSA) is 117 Å². The van der Waals surface area contributed by atoms with E-state index in [1.54, 1.807) is 18.7 Å². The molecule has 11 heteroatoms. The normalized spacial score (nSPS) is 14.1. The van der Waals surface area contributed by atoms with E-state index >= 15 is 0 Å². The van der Waals surface area contributed by atoms with Gasteiger partial charge < -0.3 is 29.4 Å². The summed E-state index contributed by atoms with van der Waals surface area (Å²) in [6, 6.07) is 13.2. The minimum atomic E-state index is 0.0311. The number of amides is 1. The van der Waals surface area contributed by atoms with E-state index in [-0.39, 0.29) is 5.91 Å². The lowest BCUT2D eigenvalue weighted by Gasteiger charge is -2.32. The molecule has 0 spiro atoms. The molecular weight excluding hydrogens is 494 g/mol. The van der Waals surface area contributed by atoms with Crippen molar-refractivity contribution in [2.45, 2.75) is 6.61 Å². The first-order valence-electron chi connectivity index (χ1n) is 12.8. The van der Waals surface area contributed by atoms with Crippen LogP contribution in [0.1, 0.15) is 16.2 Å². The highest BCUT2D eigenvalue weighted by Crippen LogP contribution is 2.25. The number of benzene rings is 1. The van der Waals surface area contributed by atoms with E-state index in [4.69, 9.17) is 4.74 Å². The third kappa shape index (κ3) is 5.58. The largest absolute Gasteiger partial charge is 0.487 e. The van der Waals surface area contributed by atoms with Crippen molar-refractivity contribution in [3.63, 3.8) is 0 Å². The summed E-state index contributed by atoms with van der Waals surface area (Å²) < 4.78 is 7.77. The average Bonchev–Trinajstić information content (AvgIpc) is 3.58. The number of ether oxygens (including phenoxy) is 1. The van der Waals surface area contributed by atoms with Crippen LogP contribution in [0.3, 0.4) is 0 Å². The molecule has 5 aromatic rings. The number of aromatic amines is 1. The second-order valence-electron chi connectivity index (χ2n) is 9.67. The van der Waals surface area contributed by atoms with Gasteiger partial charge in [-0.05, 0) is 43.4 Å². The molecule has 198 valence electrons. The van der Waals surface area contributed by atoms with Gasteiger partial charge in [0.1, 0.15) is 18.1 Å². The number of carbonyl (C=O) groups excluding carboxylic acids is 1. The number of aryl methyl sites for hydroxylation is 1. The third-order valence-electron chi connectivity index (χ3n) is 6.69. The second kappa shape index (κ2) is 10.5. The fourth-order valence-corrected chi connectivity index (χ4v) is 4.54. The summed E-state index contributed by atoms with van der Waals surface area (Å²) in [6.07, 6.45) is 7.04. The minimum Gasteiger partial charge on any atom is -0.487 e. The number of aromatic nitrogens is 6. The Bertz CT molecular complexity index is 1620. The summed E-state index contributed by atoms with van der Waals surface area (Å²) >= 11 is 0. The maximum Gasteiger partial charge on any atom is 0.270 e. The number of anilines is 2. The van der Waals surface area contributed by atoms with Crippen LogP contribution < -0.4 is 10.1 Å². The SMILES string of the molecule is CN1CCN(C(=O)c2cc3cc(Nc4nccc(-c5cc(OCc6cn(C)cn6)ccn5)n4)ccc3[nH]2)CC1. The number of nitrogens with zero attached hydrogens (tertiary/aromatic N) is 7. The van der Waals surface area contributed by atoms with E-state index in [1.165, 1.54) is 0 Å². The van der Waals surface area contributed by atoms with Gasteiger partial charge in [-0.2, -0.15) is 0 Å². The fraction of sp³-hybridized carbons (Fsp3) is 0.250. The molecule has 39 heavy (non-hydrogen) atoms. The van der Waals surface area contributed by atoms with Gasteiger partial charge in [0.15, 0.2) is 0 Å². The number of fused-ring (bicyclic) bond motifs is 1. The Labute approximate surface area is 225 Å². The lowest BCUT2D eigenvalue weighted by Crippen LogP contribution is -2.47. The highest BCUT2D eigenvalue weighted by molar-refractivity contribution is 5.98. The van der Waals surface area contributed by atoms with Gasteiger partial charge in [-0.15, -0.1) is 0 Å². The molecule has 1 amide bonds. The number of imidazole rings is 1. The number of hydrogen-bond acceptors (Lipinski definition) is 8. The van der Waals surface area contributed by atoms with Gasteiger partial charge in [-0.1, -0.05) is 0 Å². The molecule has 1 aliphatic heterocycles. The maximum atomic E-state index is 13.0. The van der Waals surface area contributed by atoms with Gasteiger partial charge in [0, 0.05) is 74.5 Å². The number of pyridine rings is 1.